The Morgan fingerprint density at radius 3 is 2.21 bits per heavy atom. The van der Waals surface area contributed by atoms with Gasteiger partial charge in [0.2, 0.25) is 0 Å². The van der Waals surface area contributed by atoms with E-state index in [9.17, 15) is 9.59 Å². The molecule has 0 unspecified atom stereocenters. The maximum absolute atomic E-state index is 12.2. The summed E-state index contributed by atoms with van der Waals surface area (Å²) in [6.45, 7) is 9.60. The Balaban J connectivity index is 1.88. The molecule has 0 aliphatic carbocycles. The second-order valence-electron chi connectivity index (χ2n) is 7.38. The SMILES string of the molecule is Cc1cccc(C(C)C)c1NC(=O)COC(=O)COc1ccccc1C(C)C. The summed E-state index contributed by atoms with van der Waals surface area (Å²) in [5, 5.41) is 2.86. The highest BCUT2D eigenvalue weighted by Gasteiger charge is 2.14. The average Bonchev–Trinajstić information content (AvgIpc) is 2.66. The topological polar surface area (TPSA) is 64.6 Å². The van der Waals surface area contributed by atoms with Gasteiger partial charge in [0.25, 0.3) is 5.91 Å². The van der Waals surface area contributed by atoms with Crippen molar-refractivity contribution in [1.29, 1.82) is 0 Å². The zero-order valence-electron chi connectivity index (χ0n) is 17.2. The number of carbonyl (C=O) groups excluding carboxylic acids is 2. The van der Waals surface area contributed by atoms with Gasteiger partial charge in [0.15, 0.2) is 13.2 Å². The van der Waals surface area contributed by atoms with Crippen molar-refractivity contribution >= 4 is 17.6 Å². The fraction of sp³-hybridized carbons (Fsp3) is 0.391. The van der Waals surface area contributed by atoms with Crippen molar-refractivity contribution in [3.05, 3.63) is 59.2 Å². The summed E-state index contributed by atoms with van der Waals surface area (Å²) in [5.41, 5.74) is 3.82. The highest BCUT2D eigenvalue weighted by molar-refractivity contribution is 5.94. The van der Waals surface area contributed by atoms with E-state index in [1.54, 1.807) is 0 Å². The molecular formula is C23H29NO4. The van der Waals surface area contributed by atoms with Crippen LogP contribution in [0.5, 0.6) is 5.75 Å². The number of nitrogens with one attached hydrogen (secondary N) is 1. The molecule has 5 heteroatoms. The summed E-state index contributed by atoms with van der Waals surface area (Å²) in [6, 6.07) is 13.5. The molecule has 0 heterocycles. The number of esters is 1. The summed E-state index contributed by atoms with van der Waals surface area (Å²) in [4.78, 5) is 24.2. The first kappa shape index (κ1) is 21.5. The molecule has 28 heavy (non-hydrogen) atoms. The predicted molar refractivity (Wildman–Crippen MR) is 111 cm³/mol. The van der Waals surface area contributed by atoms with Crippen LogP contribution in [0.2, 0.25) is 0 Å². The first-order chi connectivity index (χ1) is 13.3. The van der Waals surface area contributed by atoms with Crippen molar-refractivity contribution in [3.8, 4) is 5.75 Å². The van der Waals surface area contributed by atoms with Crippen LogP contribution >= 0.6 is 0 Å². The van der Waals surface area contributed by atoms with E-state index in [4.69, 9.17) is 9.47 Å². The predicted octanol–water partition coefficient (Wildman–Crippen LogP) is 4.80. The molecule has 150 valence electrons. The van der Waals surface area contributed by atoms with Gasteiger partial charge in [-0.05, 0) is 41.5 Å². The molecular weight excluding hydrogens is 354 g/mol. The minimum Gasteiger partial charge on any atom is -0.482 e. The molecule has 0 saturated carbocycles. The normalized spacial score (nSPS) is 10.8. The lowest BCUT2D eigenvalue weighted by atomic mass is 9.98. The smallest absolute Gasteiger partial charge is 0.344 e. The number of carbonyl (C=O) groups is 2. The molecule has 0 spiro atoms. The molecule has 2 aromatic rings. The molecule has 2 rings (SSSR count). The fourth-order valence-electron chi connectivity index (χ4n) is 2.93. The second-order valence-corrected chi connectivity index (χ2v) is 7.38. The van der Waals surface area contributed by atoms with Crippen LogP contribution in [-0.2, 0) is 14.3 Å². The molecule has 0 atom stereocenters. The summed E-state index contributed by atoms with van der Waals surface area (Å²) >= 11 is 0. The number of amides is 1. The van der Waals surface area contributed by atoms with Gasteiger partial charge in [-0.1, -0.05) is 64.1 Å². The third kappa shape index (κ3) is 5.84. The van der Waals surface area contributed by atoms with Gasteiger partial charge in [-0.2, -0.15) is 0 Å². The number of anilines is 1. The lowest BCUT2D eigenvalue weighted by Crippen LogP contribution is -2.24. The summed E-state index contributed by atoms with van der Waals surface area (Å²) < 4.78 is 10.6. The Kier molecular flexibility index (Phi) is 7.61. The molecule has 0 radical (unpaired) electrons. The number of hydrogen-bond acceptors (Lipinski definition) is 4. The van der Waals surface area contributed by atoms with Crippen molar-refractivity contribution in [3.63, 3.8) is 0 Å². The zero-order valence-corrected chi connectivity index (χ0v) is 17.2. The molecule has 0 bridgehead atoms. The molecule has 2 aromatic carbocycles. The molecule has 0 aromatic heterocycles. The molecule has 1 N–H and O–H groups in total. The molecule has 0 aliphatic rings. The van der Waals surface area contributed by atoms with Crippen molar-refractivity contribution in [2.24, 2.45) is 0 Å². The van der Waals surface area contributed by atoms with E-state index in [0.717, 1.165) is 22.4 Å². The van der Waals surface area contributed by atoms with Crippen molar-refractivity contribution in [1.82, 2.24) is 0 Å². The number of ether oxygens (including phenoxy) is 2. The minimum atomic E-state index is -0.581. The third-order valence-electron chi connectivity index (χ3n) is 4.44. The van der Waals surface area contributed by atoms with E-state index >= 15 is 0 Å². The van der Waals surface area contributed by atoms with Gasteiger partial charge in [0.1, 0.15) is 5.75 Å². The quantitative estimate of drug-likeness (QED) is 0.665. The van der Waals surface area contributed by atoms with Crippen molar-refractivity contribution in [2.75, 3.05) is 18.5 Å². The average molecular weight is 383 g/mol. The third-order valence-corrected chi connectivity index (χ3v) is 4.44. The van der Waals surface area contributed by atoms with E-state index < -0.39 is 5.97 Å². The van der Waals surface area contributed by atoms with Gasteiger partial charge in [0.05, 0.1) is 0 Å². The van der Waals surface area contributed by atoms with Crippen LogP contribution in [0.25, 0.3) is 0 Å². The van der Waals surface area contributed by atoms with E-state index in [2.05, 4.69) is 33.0 Å². The number of hydrogen-bond donors (Lipinski definition) is 1. The van der Waals surface area contributed by atoms with E-state index in [1.807, 2.05) is 49.4 Å². The highest BCUT2D eigenvalue weighted by Crippen LogP contribution is 2.27. The molecule has 0 saturated heterocycles. The fourth-order valence-corrected chi connectivity index (χ4v) is 2.93. The van der Waals surface area contributed by atoms with Crippen LogP contribution in [0.15, 0.2) is 42.5 Å². The maximum atomic E-state index is 12.2. The number of para-hydroxylation sites is 2. The first-order valence-corrected chi connectivity index (χ1v) is 9.56. The van der Waals surface area contributed by atoms with Crippen molar-refractivity contribution < 1.29 is 19.1 Å². The highest BCUT2D eigenvalue weighted by atomic mass is 16.6. The van der Waals surface area contributed by atoms with Crippen LogP contribution in [-0.4, -0.2) is 25.1 Å². The molecule has 1 amide bonds. The number of benzene rings is 2. The first-order valence-electron chi connectivity index (χ1n) is 9.56. The van der Waals surface area contributed by atoms with Crippen LogP contribution in [0.4, 0.5) is 5.69 Å². The Bertz CT molecular complexity index is 827. The van der Waals surface area contributed by atoms with Gasteiger partial charge in [-0.25, -0.2) is 4.79 Å². The summed E-state index contributed by atoms with van der Waals surface area (Å²) in [5.74, 6) is 0.254. The number of rotatable bonds is 8. The molecule has 0 fully saturated rings. The largest absolute Gasteiger partial charge is 0.482 e. The lowest BCUT2D eigenvalue weighted by molar-refractivity contribution is -0.149. The standard InChI is InChI=1S/C23H29NO4/c1-15(2)18-10-6-7-12-20(18)27-14-22(26)28-13-21(25)24-23-17(5)9-8-11-19(23)16(3)4/h6-12,15-16H,13-14H2,1-5H3,(H,24,25). The van der Waals surface area contributed by atoms with Gasteiger partial charge in [0, 0.05) is 5.69 Å². The monoisotopic (exact) mass is 383 g/mol. The van der Waals surface area contributed by atoms with Gasteiger partial charge < -0.3 is 14.8 Å². The van der Waals surface area contributed by atoms with E-state index in [-0.39, 0.29) is 31.0 Å². The van der Waals surface area contributed by atoms with Crippen LogP contribution in [0.3, 0.4) is 0 Å². The zero-order chi connectivity index (χ0) is 20.7. The lowest BCUT2D eigenvalue weighted by Gasteiger charge is -2.16. The van der Waals surface area contributed by atoms with Crippen molar-refractivity contribution in [2.45, 2.75) is 46.5 Å². The van der Waals surface area contributed by atoms with Crippen LogP contribution in [0, 0.1) is 6.92 Å². The Morgan fingerprint density at radius 2 is 1.54 bits per heavy atom. The van der Waals surface area contributed by atoms with Gasteiger partial charge >= 0.3 is 5.97 Å². The van der Waals surface area contributed by atoms with Gasteiger partial charge in [-0.15, -0.1) is 0 Å². The Hall–Kier alpha value is -2.82. The minimum absolute atomic E-state index is 0.237. The molecule has 0 aliphatic heterocycles. The Labute approximate surface area is 167 Å². The second kappa shape index (κ2) is 9.93. The van der Waals surface area contributed by atoms with Gasteiger partial charge in [-0.3, -0.25) is 4.79 Å². The summed E-state index contributed by atoms with van der Waals surface area (Å²) in [6.07, 6.45) is 0. The van der Waals surface area contributed by atoms with E-state index in [0.29, 0.717) is 5.75 Å². The molecule has 5 nitrogen and oxygen atoms in total. The van der Waals surface area contributed by atoms with E-state index in [1.165, 1.54) is 0 Å². The van der Waals surface area contributed by atoms with Crippen LogP contribution in [0.1, 0.15) is 56.2 Å². The number of aryl methyl sites for hydroxylation is 1. The summed E-state index contributed by atoms with van der Waals surface area (Å²) in [7, 11) is 0. The maximum Gasteiger partial charge on any atom is 0.344 e. The van der Waals surface area contributed by atoms with Crippen LogP contribution < -0.4 is 10.1 Å². The Morgan fingerprint density at radius 1 is 0.893 bits per heavy atom.